The molecule has 0 bridgehead atoms. The lowest BCUT2D eigenvalue weighted by Gasteiger charge is -2.43. The molecular weight excluding hydrogens is 595 g/mol. The van der Waals surface area contributed by atoms with Gasteiger partial charge < -0.3 is 9.30 Å². The molecule has 0 N–H and O–H groups in total. The summed E-state index contributed by atoms with van der Waals surface area (Å²) in [5.41, 5.74) is 6.08. The molecule has 2 aliphatic heterocycles. The summed E-state index contributed by atoms with van der Waals surface area (Å²) < 4.78 is 8.97. The van der Waals surface area contributed by atoms with Crippen molar-refractivity contribution in [2.45, 2.75) is 9.79 Å². The van der Waals surface area contributed by atoms with E-state index in [1.54, 1.807) is 0 Å². The fraction of sp³-hybridized carbons (Fsp3) is 0. The van der Waals surface area contributed by atoms with Gasteiger partial charge in [-0.15, -0.1) is 0 Å². The van der Waals surface area contributed by atoms with Crippen molar-refractivity contribution < 1.29 is 4.74 Å². The maximum absolute atomic E-state index is 6.59. The van der Waals surface area contributed by atoms with Gasteiger partial charge in [-0.1, -0.05) is 127 Å². The van der Waals surface area contributed by atoms with E-state index in [2.05, 4.69) is 168 Å². The molecule has 0 saturated heterocycles. The quantitative estimate of drug-likeness (QED) is 0.180. The summed E-state index contributed by atoms with van der Waals surface area (Å²) in [6.45, 7) is 0. The first-order chi connectivity index (χ1) is 22.8. The van der Waals surface area contributed by atoms with E-state index in [1.165, 1.54) is 69.2 Å². The Kier molecular flexibility index (Phi) is 5.56. The summed E-state index contributed by atoms with van der Waals surface area (Å²) in [6, 6.07) is 60.1. The van der Waals surface area contributed by atoms with Crippen LogP contribution in [-0.2, 0) is 0 Å². The smallest absolute Gasteiger partial charge is 0.190 e. The highest BCUT2D eigenvalue weighted by Crippen LogP contribution is 2.39. The summed E-state index contributed by atoms with van der Waals surface area (Å²) in [6.07, 6.45) is 0. The van der Waals surface area contributed by atoms with E-state index in [0.717, 1.165) is 11.5 Å². The third-order valence-electron chi connectivity index (χ3n) is 9.74. The Hall–Kier alpha value is -5.29. The van der Waals surface area contributed by atoms with Gasteiger partial charge in [0.2, 0.25) is 0 Å². The number of ether oxygens (including phenoxy) is 1. The van der Waals surface area contributed by atoms with Crippen LogP contribution in [0.25, 0.3) is 38.6 Å². The average Bonchev–Trinajstić information content (AvgIpc) is 3.46. The first-order valence-corrected chi connectivity index (χ1v) is 18.5. The Morgan fingerprint density at radius 2 is 0.957 bits per heavy atom. The summed E-state index contributed by atoms with van der Waals surface area (Å²) in [4.78, 5) is 2.68. The molecule has 0 radical (unpaired) electrons. The molecule has 2 nitrogen and oxygen atoms in total. The minimum Gasteiger partial charge on any atom is -0.458 e. The monoisotopic (exact) mass is 621 g/mol. The van der Waals surface area contributed by atoms with E-state index < -0.39 is 8.07 Å². The molecule has 216 valence electrons. The van der Waals surface area contributed by atoms with Crippen LogP contribution < -0.4 is 25.5 Å². The third-order valence-corrected chi connectivity index (χ3v) is 16.2. The highest BCUT2D eigenvalue weighted by molar-refractivity contribution is 8.00. The number of benzene rings is 7. The summed E-state index contributed by atoms with van der Waals surface area (Å²) in [5.74, 6) is 1.95. The molecule has 8 aromatic rings. The number of fused-ring (bicyclic) bond motifs is 11. The van der Waals surface area contributed by atoms with Crippen molar-refractivity contribution in [3.63, 3.8) is 0 Å². The maximum Gasteiger partial charge on any atom is 0.190 e. The predicted octanol–water partition coefficient (Wildman–Crippen LogP) is 8.40. The van der Waals surface area contributed by atoms with Crippen molar-refractivity contribution in [1.29, 1.82) is 0 Å². The number of hydrogen-bond acceptors (Lipinski definition) is 2. The Morgan fingerprint density at radius 1 is 0.435 bits per heavy atom. The van der Waals surface area contributed by atoms with Gasteiger partial charge in [0.15, 0.2) is 8.07 Å². The Balaban J connectivity index is 1.18. The predicted molar refractivity (Wildman–Crippen MR) is 194 cm³/mol. The largest absolute Gasteiger partial charge is 0.458 e. The third kappa shape index (κ3) is 3.54. The van der Waals surface area contributed by atoms with E-state index in [0.29, 0.717) is 0 Å². The zero-order valence-corrected chi connectivity index (χ0v) is 26.7. The van der Waals surface area contributed by atoms with Crippen LogP contribution in [0.2, 0.25) is 0 Å². The molecule has 0 fully saturated rings. The van der Waals surface area contributed by atoms with Crippen LogP contribution in [0.3, 0.4) is 0 Å². The molecule has 2 aliphatic rings. The van der Waals surface area contributed by atoms with Crippen LogP contribution in [0.15, 0.2) is 174 Å². The minimum atomic E-state index is -2.68. The highest BCUT2D eigenvalue weighted by Gasteiger charge is 2.51. The van der Waals surface area contributed by atoms with Gasteiger partial charge >= 0.3 is 0 Å². The van der Waals surface area contributed by atoms with Crippen LogP contribution in [-0.4, -0.2) is 12.6 Å². The summed E-state index contributed by atoms with van der Waals surface area (Å²) >= 11 is 1.90. The summed E-state index contributed by atoms with van der Waals surface area (Å²) in [5, 5.41) is 8.07. The van der Waals surface area contributed by atoms with E-state index in [4.69, 9.17) is 4.74 Å². The Bertz CT molecular complexity index is 2340. The molecule has 4 heteroatoms. The number of rotatable bonds is 2. The van der Waals surface area contributed by atoms with Crippen LogP contribution >= 0.6 is 11.8 Å². The summed E-state index contributed by atoms with van der Waals surface area (Å²) in [7, 11) is -2.68. The second kappa shape index (κ2) is 9.85. The zero-order chi connectivity index (χ0) is 30.2. The van der Waals surface area contributed by atoms with Crippen LogP contribution in [0.1, 0.15) is 0 Å². The normalized spacial score (nSPS) is 13.9. The molecular formula is C42H27NOSSi. The SMILES string of the molecule is c1ccc2c(c1)Oc1ccccc1[Si]21c2ccccc2Sc2ccc(-c3ccc(-n4c5ccccc5c5ccccc54)cc3)cc21. The molecule has 0 saturated carbocycles. The molecule has 0 aliphatic carbocycles. The second-order valence-electron chi connectivity index (χ2n) is 12.1. The van der Waals surface area contributed by atoms with Crippen molar-refractivity contribution in [3.8, 4) is 28.3 Å². The van der Waals surface area contributed by atoms with Gasteiger partial charge in [0, 0.05) is 26.3 Å². The number of para-hydroxylation sites is 4. The Labute approximate surface area is 272 Å². The van der Waals surface area contributed by atoms with Crippen molar-refractivity contribution in [1.82, 2.24) is 4.57 Å². The number of nitrogens with zero attached hydrogens (tertiary/aromatic N) is 1. The number of hydrogen-bond donors (Lipinski definition) is 0. The number of aromatic nitrogens is 1. The van der Waals surface area contributed by atoms with E-state index in [9.17, 15) is 0 Å². The molecule has 1 aromatic heterocycles. The van der Waals surface area contributed by atoms with Gasteiger partial charge in [-0.2, -0.15) is 0 Å². The molecule has 0 atom stereocenters. The topological polar surface area (TPSA) is 14.2 Å². The van der Waals surface area contributed by atoms with Crippen LogP contribution in [0, 0.1) is 0 Å². The lowest BCUT2D eigenvalue weighted by Crippen LogP contribution is -2.77. The van der Waals surface area contributed by atoms with E-state index in [-0.39, 0.29) is 0 Å². The van der Waals surface area contributed by atoms with Crippen molar-refractivity contribution >= 4 is 62.4 Å². The van der Waals surface area contributed by atoms with E-state index in [1.807, 2.05) is 11.8 Å². The first-order valence-electron chi connectivity index (χ1n) is 15.7. The van der Waals surface area contributed by atoms with Gasteiger partial charge in [0.05, 0.1) is 11.0 Å². The van der Waals surface area contributed by atoms with Crippen molar-refractivity contribution in [3.05, 3.63) is 164 Å². The second-order valence-corrected chi connectivity index (χ2v) is 16.8. The minimum absolute atomic E-state index is 0.974. The lowest BCUT2D eigenvalue weighted by atomic mass is 10.1. The molecule has 3 heterocycles. The molecule has 10 rings (SSSR count). The van der Waals surface area contributed by atoms with Crippen molar-refractivity contribution in [2.24, 2.45) is 0 Å². The van der Waals surface area contributed by atoms with Gasteiger partial charge in [0.25, 0.3) is 0 Å². The Morgan fingerprint density at radius 3 is 1.63 bits per heavy atom. The van der Waals surface area contributed by atoms with Gasteiger partial charge in [-0.05, 0) is 80.4 Å². The van der Waals surface area contributed by atoms with Crippen LogP contribution in [0.4, 0.5) is 0 Å². The fourth-order valence-electron chi connectivity index (χ4n) is 7.80. The zero-order valence-electron chi connectivity index (χ0n) is 24.9. The van der Waals surface area contributed by atoms with Crippen LogP contribution in [0.5, 0.6) is 11.5 Å². The lowest BCUT2D eigenvalue weighted by molar-refractivity contribution is 0.487. The first kappa shape index (κ1) is 26.0. The van der Waals surface area contributed by atoms with Crippen molar-refractivity contribution in [2.75, 3.05) is 0 Å². The van der Waals surface area contributed by atoms with Gasteiger partial charge in [0.1, 0.15) is 11.5 Å². The van der Waals surface area contributed by atoms with Gasteiger partial charge in [-0.25, -0.2) is 0 Å². The standard InChI is InChI=1S/C42H27NOSSi/c1-3-13-33-31(11-1)32-12-2-4-14-34(32)43(33)30-24-21-28(22-25-30)29-23-26-38-42(27-29)46(41-20-10-7-17-37(41)45-38)39-18-8-5-15-35(39)44-36-16-6-9-19-40(36)46/h1-27H. The molecule has 1 spiro atoms. The molecule has 46 heavy (non-hydrogen) atoms. The van der Waals surface area contributed by atoms with Gasteiger partial charge in [-0.3, -0.25) is 0 Å². The highest BCUT2D eigenvalue weighted by atomic mass is 32.2. The molecule has 7 aromatic carbocycles. The molecule has 0 unspecified atom stereocenters. The fourth-order valence-corrected chi connectivity index (χ4v) is 15.0. The van der Waals surface area contributed by atoms with E-state index >= 15 is 0 Å². The average molecular weight is 622 g/mol. The maximum atomic E-state index is 6.59. The molecule has 0 amide bonds.